The van der Waals surface area contributed by atoms with Crippen LogP contribution in [-0.2, 0) is 9.53 Å². The Balaban J connectivity index is 2.89. The number of rotatable bonds is 4. The minimum absolute atomic E-state index is 0.219. The molecule has 0 fully saturated rings. The molecular formula is C10H17N3O2S. The molecule has 0 saturated carbocycles. The number of aromatic nitrogens is 2. The highest BCUT2D eigenvalue weighted by molar-refractivity contribution is 8.00. The lowest BCUT2D eigenvalue weighted by Gasteiger charge is -2.10. The fraction of sp³-hybridized carbons (Fsp3) is 0.600. The van der Waals surface area contributed by atoms with Gasteiger partial charge in [-0.3, -0.25) is 9.48 Å². The van der Waals surface area contributed by atoms with Gasteiger partial charge in [-0.1, -0.05) is 11.8 Å². The highest BCUT2D eigenvalue weighted by atomic mass is 32.2. The molecule has 0 saturated heterocycles. The normalized spacial score (nSPS) is 10.8. The van der Waals surface area contributed by atoms with E-state index in [0.29, 0.717) is 5.69 Å². The average Bonchev–Trinajstić information content (AvgIpc) is 2.53. The number of hydrogen-bond acceptors (Lipinski definition) is 5. The van der Waals surface area contributed by atoms with Crippen LogP contribution in [-0.4, -0.2) is 28.6 Å². The van der Waals surface area contributed by atoms with Gasteiger partial charge in [-0.2, -0.15) is 5.10 Å². The summed E-state index contributed by atoms with van der Waals surface area (Å²) >= 11 is 1.36. The first-order chi connectivity index (χ1) is 7.47. The lowest BCUT2D eigenvalue weighted by atomic mass is 10.4. The van der Waals surface area contributed by atoms with Crippen molar-refractivity contribution in [2.75, 3.05) is 18.6 Å². The van der Waals surface area contributed by atoms with Gasteiger partial charge in [0.2, 0.25) is 0 Å². The van der Waals surface area contributed by atoms with E-state index in [-0.39, 0.29) is 17.8 Å². The van der Waals surface area contributed by atoms with Gasteiger partial charge in [-0.25, -0.2) is 0 Å². The standard InChI is InChI=1S/C10H17N3O2S/c1-6(2)13-10(9(11)7(3)12-13)16-5-8(14)15-4/h6H,5,11H2,1-4H3. The molecule has 90 valence electrons. The summed E-state index contributed by atoms with van der Waals surface area (Å²) in [5.74, 6) is -0.0167. The van der Waals surface area contributed by atoms with Gasteiger partial charge >= 0.3 is 5.97 Å². The van der Waals surface area contributed by atoms with Gasteiger partial charge in [-0.05, 0) is 20.8 Å². The van der Waals surface area contributed by atoms with E-state index in [1.807, 2.05) is 25.5 Å². The van der Waals surface area contributed by atoms with Crippen molar-refractivity contribution in [1.29, 1.82) is 0 Å². The lowest BCUT2D eigenvalue weighted by Crippen LogP contribution is -2.08. The Hall–Kier alpha value is -1.17. The predicted molar refractivity (Wildman–Crippen MR) is 64.5 cm³/mol. The van der Waals surface area contributed by atoms with E-state index in [1.165, 1.54) is 18.9 Å². The molecule has 5 nitrogen and oxygen atoms in total. The van der Waals surface area contributed by atoms with Crippen molar-refractivity contribution < 1.29 is 9.53 Å². The third-order valence-electron chi connectivity index (χ3n) is 2.13. The first-order valence-corrected chi connectivity index (χ1v) is 6.00. The lowest BCUT2D eigenvalue weighted by molar-refractivity contribution is -0.137. The van der Waals surface area contributed by atoms with Crippen LogP contribution in [0.3, 0.4) is 0 Å². The van der Waals surface area contributed by atoms with Gasteiger partial charge in [0.1, 0.15) is 5.03 Å². The van der Waals surface area contributed by atoms with Crippen LogP contribution in [0.25, 0.3) is 0 Å². The van der Waals surface area contributed by atoms with E-state index in [9.17, 15) is 4.79 Å². The van der Waals surface area contributed by atoms with Crippen LogP contribution in [0, 0.1) is 6.92 Å². The first-order valence-electron chi connectivity index (χ1n) is 5.01. The van der Waals surface area contributed by atoms with Gasteiger partial charge in [-0.15, -0.1) is 0 Å². The minimum atomic E-state index is -0.265. The zero-order valence-corrected chi connectivity index (χ0v) is 10.8. The molecule has 0 aliphatic heterocycles. The van der Waals surface area contributed by atoms with Crippen molar-refractivity contribution in [3.8, 4) is 0 Å². The number of carbonyl (C=O) groups excluding carboxylic acids is 1. The molecule has 0 aliphatic carbocycles. The predicted octanol–water partition coefficient (Wildman–Crippen LogP) is 1.62. The van der Waals surface area contributed by atoms with Crippen molar-refractivity contribution in [2.45, 2.75) is 31.8 Å². The third kappa shape index (κ3) is 2.69. The van der Waals surface area contributed by atoms with Crippen LogP contribution in [0.4, 0.5) is 5.69 Å². The highest BCUT2D eigenvalue weighted by Gasteiger charge is 2.16. The summed E-state index contributed by atoms with van der Waals surface area (Å²) in [7, 11) is 1.37. The zero-order chi connectivity index (χ0) is 12.3. The first kappa shape index (κ1) is 12.9. The Morgan fingerprint density at radius 2 is 2.25 bits per heavy atom. The van der Waals surface area contributed by atoms with Gasteiger partial charge in [0, 0.05) is 6.04 Å². The number of nitrogen functional groups attached to an aromatic ring is 1. The second-order valence-corrected chi connectivity index (χ2v) is 4.67. The van der Waals surface area contributed by atoms with Crippen molar-refractivity contribution in [3.05, 3.63) is 5.69 Å². The number of ether oxygens (including phenoxy) is 1. The molecule has 1 aromatic heterocycles. The summed E-state index contributed by atoms with van der Waals surface area (Å²) in [5.41, 5.74) is 7.35. The molecule has 1 heterocycles. The average molecular weight is 243 g/mol. The molecule has 1 rings (SSSR count). The second-order valence-electron chi connectivity index (χ2n) is 3.71. The van der Waals surface area contributed by atoms with Crippen LogP contribution in [0.15, 0.2) is 5.03 Å². The highest BCUT2D eigenvalue weighted by Crippen LogP contribution is 2.29. The van der Waals surface area contributed by atoms with E-state index < -0.39 is 0 Å². The van der Waals surface area contributed by atoms with Crippen LogP contribution in [0.5, 0.6) is 0 Å². The Labute approximate surface area is 99.3 Å². The maximum absolute atomic E-state index is 11.1. The minimum Gasteiger partial charge on any atom is -0.468 e. The quantitative estimate of drug-likeness (QED) is 0.642. The summed E-state index contributed by atoms with van der Waals surface area (Å²) in [6, 6.07) is 0.219. The largest absolute Gasteiger partial charge is 0.468 e. The number of nitrogens with two attached hydrogens (primary N) is 1. The number of methoxy groups -OCH3 is 1. The Kier molecular flexibility index (Phi) is 4.23. The Morgan fingerprint density at radius 3 is 2.75 bits per heavy atom. The summed E-state index contributed by atoms with van der Waals surface area (Å²) in [5, 5.41) is 5.16. The molecule has 0 aromatic carbocycles. The molecule has 0 bridgehead atoms. The fourth-order valence-corrected chi connectivity index (χ4v) is 2.28. The molecule has 0 atom stereocenters. The Morgan fingerprint density at radius 1 is 1.62 bits per heavy atom. The Bertz CT molecular complexity index is 388. The number of thioether (sulfide) groups is 1. The van der Waals surface area contributed by atoms with Crippen molar-refractivity contribution in [2.24, 2.45) is 0 Å². The van der Waals surface area contributed by atoms with Gasteiger partial charge in [0.05, 0.1) is 24.2 Å². The molecule has 1 aromatic rings. The van der Waals surface area contributed by atoms with E-state index >= 15 is 0 Å². The molecule has 0 spiro atoms. The van der Waals surface area contributed by atoms with Gasteiger partial charge in [0.15, 0.2) is 0 Å². The number of aryl methyl sites for hydroxylation is 1. The van der Waals surface area contributed by atoms with E-state index in [1.54, 1.807) is 0 Å². The van der Waals surface area contributed by atoms with Crippen molar-refractivity contribution in [1.82, 2.24) is 9.78 Å². The van der Waals surface area contributed by atoms with Crippen LogP contribution in [0.1, 0.15) is 25.6 Å². The molecule has 16 heavy (non-hydrogen) atoms. The number of anilines is 1. The smallest absolute Gasteiger partial charge is 0.316 e. The second kappa shape index (κ2) is 5.25. The molecular weight excluding hydrogens is 226 g/mol. The van der Waals surface area contributed by atoms with Crippen molar-refractivity contribution >= 4 is 23.4 Å². The van der Waals surface area contributed by atoms with Crippen LogP contribution in [0.2, 0.25) is 0 Å². The topological polar surface area (TPSA) is 70.1 Å². The monoisotopic (exact) mass is 243 g/mol. The molecule has 0 amide bonds. The maximum atomic E-state index is 11.1. The third-order valence-corrected chi connectivity index (χ3v) is 3.19. The van der Waals surface area contributed by atoms with Crippen LogP contribution >= 0.6 is 11.8 Å². The van der Waals surface area contributed by atoms with Crippen LogP contribution < -0.4 is 5.73 Å². The zero-order valence-electron chi connectivity index (χ0n) is 9.98. The van der Waals surface area contributed by atoms with E-state index in [4.69, 9.17) is 5.73 Å². The van der Waals surface area contributed by atoms with Gasteiger partial charge in [0.25, 0.3) is 0 Å². The molecule has 0 radical (unpaired) electrons. The number of esters is 1. The summed E-state index contributed by atoms with van der Waals surface area (Å²) < 4.78 is 6.42. The fourth-order valence-electron chi connectivity index (χ4n) is 1.22. The number of hydrogen-bond donors (Lipinski definition) is 1. The number of carbonyl (C=O) groups is 1. The summed E-state index contributed by atoms with van der Waals surface area (Å²) in [6.07, 6.45) is 0. The van der Waals surface area contributed by atoms with E-state index in [0.717, 1.165) is 10.7 Å². The van der Waals surface area contributed by atoms with Crippen molar-refractivity contribution in [3.63, 3.8) is 0 Å². The summed E-state index contributed by atoms with van der Waals surface area (Å²) in [4.78, 5) is 11.1. The van der Waals surface area contributed by atoms with E-state index in [2.05, 4.69) is 9.84 Å². The maximum Gasteiger partial charge on any atom is 0.316 e. The SMILES string of the molecule is COC(=O)CSc1c(N)c(C)nn1C(C)C. The molecule has 2 N–H and O–H groups in total. The van der Waals surface area contributed by atoms with Gasteiger partial charge < -0.3 is 10.5 Å². The molecule has 0 aliphatic rings. The molecule has 6 heteroatoms. The number of nitrogens with zero attached hydrogens (tertiary/aromatic N) is 2. The summed E-state index contributed by atoms with van der Waals surface area (Å²) in [6.45, 7) is 5.90. The molecule has 0 unspecified atom stereocenters.